The number of aromatic nitrogens is 1. The van der Waals surface area contributed by atoms with Gasteiger partial charge in [-0.05, 0) is 109 Å². The lowest BCUT2D eigenvalue weighted by atomic mass is 9.88. The highest BCUT2D eigenvalue weighted by atomic mass is 32.2. The molecule has 11 rings (SSSR count). The van der Waals surface area contributed by atoms with Crippen molar-refractivity contribution in [3.05, 3.63) is 125 Å². The Morgan fingerprint density at radius 2 is 1.53 bits per heavy atom. The van der Waals surface area contributed by atoms with E-state index in [-0.39, 0.29) is 105 Å². The number of hydrogen-bond acceptors (Lipinski definition) is 20. The van der Waals surface area contributed by atoms with Gasteiger partial charge in [0, 0.05) is 99.3 Å². The predicted molar refractivity (Wildman–Crippen MR) is 392 cm³/mol. The fourth-order valence-corrected chi connectivity index (χ4v) is 18.0. The van der Waals surface area contributed by atoms with Gasteiger partial charge >= 0.3 is 11.9 Å². The summed E-state index contributed by atoms with van der Waals surface area (Å²) < 4.78 is 18.0. The van der Waals surface area contributed by atoms with Crippen molar-refractivity contribution < 1.29 is 76.5 Å². The molecule has 9 heterocycles. The number of cyclic esters (lactones) is 2. The number of hydrogen-bond donors (Lipinski definition) is 5. The second-order valence-electron chi connectivity index (χ2n) is 29.1. The largest absolute Gasteiger partial charge is 0.460 e. The number of esters is 2. The topological polar surface area (TPSA) is 334 Å². The molecule has 28 heteroatoms. The van der Waals surface area contributed by atoms with E-state index in [4.69, 9.17) is 13.9 Å². The molecule has 8 aliphatic heterocycles. The van der Waals surface area contributed by atoms with Crippen LogP contribution < -0.4 is 21.3 Å². The fourth-order valence-electron chi connectivity index (χ4n) is 15.0. The van der Waals surface area contributed by atoms with Gasteiger partial charge in [0.25, 0.3) is 5.91 Å². The van der Waals surface area contributed by atoms with Crippen molar-refractivity contribution in [1.82, 2.24) is 50.8 Å². The van der Waals surface area contributed by atoms with Crippen molar-refractivity contribution >= 4 is 94.3 Å². The highest BCUT2D eigenvalue weighted by Gasteiger charge is 2.51. The Kier molecular flexibility index (Phi) is 26.9. The Morgan fingerprint density at radius 1 is 0.790 bits per heavy atom. The van der Waals surface area contributed by atoms with Gasteiger partial charge in [0.15, 0.2) is 11.7 Å². The number of Topliss-reactive ketones (excluding diaryl/α,β-unsaturated/α-hetero) is 2. The van der Waals surface area contributed by atoms with Crippen LogP contribution in [0.3, 0.4) is 0 Å². The van der Waals surface area contributed by atoms with E-state index < -0.39 is 149 Å². The third-order valence-electron chi connectivity index (χ3n) is 21.5. The van der Waals surface area contributed by atoms with Crippen LogP contribution in [0, 0.1) is 24.7 Å². The minimum atomic E-state index is -1.75. The first kappa shape index (κ1) is 79.1. The molecule has 0 saturated carbocycles. The molecule has 0 radical (unpaired) electrons. The quantitative estimate of drug-likeness (QED) is 0.141. The normalized spacial score (nSPS) is 32.2. The zero-order valence-corrected chi connectivity index (χ0v) is 62.8. The number of likely N-dealkylation sites (N-methyl/N-ethyl adjacent to an activating group) is 1. The Morgan fingerprint density at radius 3 is 2.24 bits per heavy atom. The molecule has 2 aromatic carbocycles. The molecular formula is C77H100N10O16S2. The zero-order chi connectivity index (χ0) is 75.4. The van der Waals surface area contributed by atoms with Crippen LogP contribution in [0.15, 0.2) is 101 Å². The lowest BCUT2D eigenvalue weighted by Gasteiger charge is -2.45. The number of nitrogens with zero attached hydrogens (tertiary/aromatic N) is 6. The van der Waals surface area contributed by atoms with Gasteiger partial charge in [-0.3, -0.25) is 47.9 Å². The molecule has 8 aliphatic rings. The monoisotopic (exact) mass is 1480 g/mol. The standard InChI is InChI=1S/C77H100N10O16S2/c1-9-60-47(5)22-25-63(91)78-30-14-16-46(4)36-53(88)38-54(89)39-65-79-55(43-101-65)71(95)86-34-28-61(68(86)75(99)103-60)104-35-29-64(92)80-66-48(6)102-74(98)67(51-17-12-11-13-18-51)81-69(93)57-40-59(90)52(44-105-62-42-84-32-26-50(62)27-33-84)41-87(57)73(97)58(37-49-23-20-45(3)21-24-49)83(8)72(96)56-19-15-31-85(56)76(100)77(7,10-2)82-70(66)94/h11-14,16-18,20-25,36,43,47-48,50,52-53,56-58,60-62,66-68,88H,9-10,15,19,26-35,37-42,44H2,1-8H3,(H,78,91)(H,80,92)(H,81,93)(H,82,94)/b16-14+,25-22+,46-36+/t47-,48-,52+,53-,56+,57+,58+,60-,61?,62?,66+,67+,68?,77?/m1/s1. The van der Waals surface area contributed by atoms with E-state index in [0.717, 1.165) is 44.3 Å². The van der Waals surface area contributed by atoms with E-state index in [1.54, 1.807) is 81.1 Å². The molecule has 7 fully saturated rings. The SMILES string of the molecule is CC[C@H]1OC(=O)C2C(SCCC(=O)N[C@@H]3C(=O)NC(C)(CC)C(=O)N4CCC[C@H]4C(=O)N(C)[C@@H](Cc4ccc(C)cc4)C(=O)N4C[C@@H](CSC5CN6CCC5CC6)C(=O)C[C@H]4C(=O)N[C@@H](c4ccccc4)C(=O)O[C@@H]3C)CCN2C(=O)c2coc(n2)CC(=O)C[C@H](O)/C=C(C)/C=C/CNC(=O)/C=C/[C@H]1C. The summed E-state index contributed by atoms with van der Waals surface area (Å²) in [5, 5.41) is 21.5. The average molecular weight is 1490 g/mol. The number of benzene rings is 2. The molecular weight excluding hydrogens is 1390 g/mol. The van der Waals surface area contributed by atoms with Crippen molar-refractivity contribution in [1.29, 1.82) is 0 Å². The number of carbonyl (C=O) groups excluding carboxylic acids is 12. The van der Waals surface area contributed by atoms with E-state index in [1.807, 2.05) is 38.1 Å². The summed E-state index contributed by atoms with van der Waals surface area (Å²) in [5.41, 5.74) is 0.611. The molecule has 26 nitrogen and oxygen atoms in total. The number of piperidine rings is 4. The van der Waals surface area contributed by atoms with E-state index in [0.29, 0.717) is 35.6 Å². The molecule has 4 bridgehead atoms. The summed E-state index contributed by atoms with van der Waals surface area (Å²) in [6.45, 7) is 14.9. The molecule has 105 heavy (non-hydrogen) atoms. The summed E-state index contributed by atoms with van der Waals surface area (Å²) in [4.78, 5) is 189. The lowest BCUT2D eigenvalue weighted by molar-refractivity contribution is -0.158. The van der Waals surface area contributed by atoms with Gasteiger partial charge in [0.05, 0.1) is 12.5 Å². The second-order valence-corrected chi connectivity index (χ2v) is 31.7. The van der Waals surface area contributed by atoms with E-state index in [9.17, 15) is 33.9 Å². The van der Waals surface area contributed by atoms with Crippen LogP contribution in [0.2, 0.25) is 0 Å². The molecule has 0 aliphatic carbocycles. The molecule has 4 unspecified atom stereocenters. The fraction of sp³-hybridized carbons (Fsp3) is 0.571. The Balaban J connectivity index is 0.926. The van der Waals surface area contributed by atoms with E-state index in [2.05, 4.69) is 31.2 Å². The summed E-state index contributed by atoms with van der Waals surface area (Å²) in [7, 11) is 1.51. The van der Waals surface area contributed by atoms with Gasteiger partial charge in [-0.2, -0.15) is 23.5 Å². The summed E-state index contributed by atoms with van der Waals surface area (Å²) in [6, 6.07) is 7.21. The predicted octanol–water partition coefficient (Wildman–Crippen LogP) is 4.95. The van der Waals surface area contributed by atoms with E-state index >= 15 is 28.8 Å². The van der Waals surface area contributed by atoms with Crippen molar-refractivity contribution in [2.24, 2.45) is 17.8 Å². The van der Waals surface area contributed by atoms with Crippen molar-refractivity contribution in [2.75, 3.05) is 64.4 Å². The van der Waals surface area contributed by atoms with Crippen LogP contribution in [0.5, 0.6) is 0 Å². The number of nitrogens with one attached hydrogen (secondary N) is 4. The van der Waals surface area contributed by atoms with Gasteiger partial charge in [0.2, 0.25) is 47.2 Å². The summed E-state index contributed by atoms with van der Waals surface area (Å²) >= 11 is 2.90. The van der Waals surface area contributed by atoms with E-state index in [1.165, 1.54) is 64.4 Å². The number of aryl methyl sites for hydroxylation is 1. The zero-order valence-electron chi connectivity index (χ0n) is 61.2. The van der Waals surface area contributed by atoms with Gasteiger partial charge in [-0.25, -0.2) is 14.6 Å². The number of amides is 8. The first-order valence-electron chi connectivity index (χ1n) is 36.8. The summed E-state index contributed by atoms with van der Waals surface area (Å²) in [5.74, 6) is -8.31. The Bertz CT molecular complexity index is 3800. The Hall–Kier alpha value is -8.47. The summed E-state index contributed by atoms with van der Waals surface area (Å²) in [6.07, 6.45) is 7.38. The van der Waals surface area contributed by atoms with Crippen LogP contribution in [0.4, 0.5) is 0 Å². The number of aliphatic hydroxyl groups is 1. The number of carbonyl (C=O) groups is 12. The third-order valence-corrected chi connectivity index (χ3v) is 24.4. The molecule has 0 spiro atoms. The maximum Gasteiger partial charge on any atom is 0.333 e. The third kappa shape index (κ3) is 19.6. The van der Waals surface area contributed by atoms with Crippen molar-refractivity contribution in [2.45, 2.75) is 196 Å². The average Bonchev–Trinajstić information content (AvgIpc) is 1.74. The van der Waals surface area contributed by atoms with Gasteiger partial charge in [-0.15, -0.1) is 0 Å². The van der Waals surface area contributed by atoms with Crippen molar-refractivity contribution in [3.63, 3.8) is 0 Å². The molecule has 3 aromatic rings. The number of allylic oxidation sites excluding steroid dienone is 2. The van der Waals surface area contributed by atoms with Crippen LogP contribution >= 0.6 is 23.5 Å². The van der Waals surface area contributed by atoms with Gasteiger partial charge in [-0.1, -0.05) is 111 Å². The number of thioether (sulfide) groups is 2. The minimum Gasteiger partial charge on any atom is -0.460 e. The van der Waals surface area contributed by atoms with Crippen LogP contribution in [-0.4, -0.2) is 234 Å². The Labute approximate surface area is 621 Å². The molecule has 14 atom stereocenters. The molecule has 566 valence electrons. The number of ether oxygens (including phenoxy) is 2. The molecule has 8 amide bonds. The second kappa shape index (κ2) is 35.7. The first-order valence-corrected chi connectivity index (χ1v) is 38.9. The maximum atomic E-state index is 15.9. The molecule has 5 N–H and O–H groups in total. The van der Waals surface area contributed by atoms with Gasteiger partial charge < -0.3 is 64.8 Å². The minimum absolute atomic E-state index is 0.00420. The van der Waals surface area contributed by atoms with Crippen LogP contribution in [0.1, 0.15) is 145 Å². The highest BCUT2D eigenvalue weighted by Crippen LogP contribution is 2.38. The number of fused-ring (bicyclic) bond motifs is 8. The lowest BCUT2D eigenvalue weighted by Crippen LogP contribution is -2.65. The van der Waals surface area contributed by atoms with Crippen LogP contribution in [0.25, 0.3) is 0 Å². The molecule has 1 aromatic heterocycles. The maximum absolute atomic E-state index is 15.9. The number of oxazole rings is 1. The molecule has 7 saturated heterocycles. The first-order chi connectivity index (χ1) is 50.2. The number of rotatable bonds is 13. The highest BCUT2D eigenvalue weighted by molar-refractivity contribution is 8.00. The van der Waals surface area contributed by atoms with Crippen LogP contribution in [-0.2, 0) is 75.1 Å². The number of ketones is 2. The smallest absolute Gasteiger partial charge is 0.333 e. The van der Waals surface area contributed by atoms with Crippen molar-refractivity contribution in [3.8, 4) is 0 Å². The van der Waals surface area contributed by atoms with Gasteiger partial charge in [0.1, 0.15) is 65.8 Å². The number of aliphatic hydroxyl groups excluding tert-OH is 1.